The maximum atomic E-state index is 14.0. The fourth-order valence-corrected chi connectivity index (χ4v) is 4.75. The zero-order valence-electron chi connectivity index (χ0n) is 15.6. The fourth-order valence-electron chi connectivity index (χ4n) is 3.25. The molecule has 1 fully saturated rings. The van der Waals surface area contributed by atoms with Crippen LogP contribution in [0, 0.1) is 5.82 Å². The van der Waals surface area contributed by atoms with Gasteiger partial charge in [-0.05, 0) is 30.7 Å². The topological polar surface area (TPSA) is 67.9 Å². The molecule has 2 aromatic rings. The summed E-state index contributed by atoms with van der Waals surface area (Å²) in [6, 6.07) is 8.74. The summed E-state index contributed by atoms with van der Waals surface area (Å²) >= 11 is 6.08. The van der Waals surface area contributed by atoms with Gasteiger partial charge in [0.2, 0.25) is 10.0 Å². The van der Waals surface area contributed by atoms with E-state index in [0.29, 0.717) is 48.1 Å². The predicted octanol–water partition coefficient (Wildman–Crippen LogP) is 3.05. The highest BCUT2D eigenvalue weighted by Crippen LogP contribution is 2.30. The number of sulfonamides is 1. The molecule has 6 nitrogen and oxygen atoms in total. The van der Waals surface area contributed by atoms with Crippen molar-refractivity contribution < 1.29 is 22.3 Å². The predicted molar refractivity (Wildman–Crippen MR) is 105 cm³/mol. The van der Waals surface area contributed by atoms with Gasteiger partial charge in [0.1, 0.15) is 5.82 Å². The van der Waals surface area contributed by atoms with E-state index in [2.05, 4.69) is 4.72 Å². The Bertz CT molecular complexity index is 935. The van der Waals surface area contributed by atoms with E-state index in [-0.39, 0.29) is 16.8 Å². The molecule has 1 aliphatic heterocycles. The summed E-state index contributed by atoms with van der Waals surface area (Å²) in [5.41, 5.74) is 0.424. The molecule has 1 atom stereocenters. The van der Waals surface area contributed by atoms with Gasteiger partial charge in [-0.15, -0.1) is 0 Å². The first-order chi connectivity index (χ1) is 13.3. The molecule has 0 spiro atoms. The molecular formula is C19H22ClFN2O4S. The first kappa shape index (κ1) is 20.9. The molecule has 0 aromatic heterocycles. The molecular weight excluding hydrogens is 407 g/mol. The third-order valence-electron chi connectivity index (χ3n) is 4.70. The smallest absolute Gasteiger partial charge is 0.241 e. The molecule has 1 saturated heterocycles. The number of hydrogen-bond donors (Lipinski definition) is 1. The Morgan fingerprint density at radius 1 is 1.21 bits per heavy atom. The Kier molecular flexibility index (Phi) is 6.44. The normalized spacial score (nSPS) is 17.6. The number of nitrogens with zero attached hydrogens (tertiary/aromatic N) is 1. The number of methoxy groups -OCH3 is 2. The number of ether oxygens (including phenoxy) is 2. The number of benzene rings is 2. The standard InChI is InChI=1S/C19H22ClFN2O4S/c1-26-18-7-6-14(10-19(18)27-2)28(24,25)22-13-8-9-23(11-13)12-15-16(20)4-3-5-17(15)21/h3-7,10,13,22H,8-9,11-12H2,1-2H3. The molecule has 1 aliphatic rings. The minimum Gasteiger partial charge on any atom is -0.493 e. The molecule has 0 amide bonds. The summed E-state index contributed by atoms with van der Waals surface area (Å²) in [5.74, 6) is 0.435. The van der Waals surface area contributed by atoms with E-state index in [1.54, 1.807) is 18.2 Å². The zero-order valence-corrected chi connectivity index (χ0v) is 17.2. The molecule has 0 saturated carbocycles. The number of rotatable bonds is 7. The lowest BCUT2D eigenvalue weighted by atomic mass is 10.2. The van der Waals surface area contributed by atoms with Gasteiger partial charge in [-0.3, -0.25) is 4.90 Å². The van der Waals surface area contributed by atoms with E-state index >= 15 is 0 Å². The molecule has 2 aromatic carbocycles. The molecule has 0 bridgehead atoms. The van der Waals surface area contributed by atoms with E-state index in [4.69, 9.17) is 21.1 Å². The quantitative estimate of drug-likeness (QED) is 0.734. The van der Waals surface area contributed by atoms with E-state index in [0.717, 1.165) is 0 Å². The Labute approximate surface area is 169 Å². The Morgan fingerprint density at radius 2 is 1.96 bits per heavy atom. The molecule has 0 aliphatic carbocycles. The summed E-state index contributed by atoms with van der Waals surface area (Å²) in [6.07, 6.45) is 0.624. The average Bonchev–Trinajstić information content (AvgIpc) is 3.10. The van der Waals surface area contributed by atoms with Crippen LogP contribution in [0.5, 0.6) is 11.5 Å². The second-order valence-corrected chi connectivity index (χ2v) is 8.68. The van der Waals surface area contributed by atoms with Crippen molar-refractivity contribution in [3.8, 4) is 11.5 Å². The molecule has 152 valence electrons. The highest BCUT2D eigenvalue weighted by Gasteiger charge is 2.28. The van der Waals surface area contributed by atoms with Crippen LogP contribution in [0.4, 0.5) is 4.39 Å². The third kappa shape index (κ3) is 4.57. The van der Waals surface area contributed by atoms with Gasteiger partial charge in [0, 0.05) is 42.3 Å². The van der Waals surface area contributed by atoms with Gasteiger partial charge in [0.15, 0.2) is 11.5 Å². The van der Waals surface area contributed by atoms with Crippen LogP contribution < -0.4 is 14.2 Å². The molecule has 1 heterocycles. The molecule has 3 rings (SSSR count). The van der Waals surface area contributed by atoms with Crippen molar-refractivity contribution in [2.24, 2.45) is 0 Å². The molecule has 0 radical (unpaired) electrons. The minimum absolute atomic E-state index is 0.0979. The van der Waals surface area contributed by atoms with Crippen LogP contribution in [0.15, 0.2) is 41.3 Å². The van der Waals surface area contributed by atoms with E-state index in [1.165, 1.54) is 32.4 Å². The van der Waals surface area contributed by atoms with Crippen molar-refractivity contribution in [3.63, 3.8) is 0 Å². The van der Waals surface area contributed by atoms with Crippen LogP contribution in [0.3, 0.4) is 0 Å². The third-order valence-corrected chi connectivity index (χ3v) is 6.58. The molecule has 9 heteroatoms. The van der Waals surface area contributed by atoms with E-state index in [9.17, 15) is 12.8 Å². The van der Waals surface area contributed by atoms with Crippen molar-refractivity contribution in [1.29, 1.82) is 0 Å². The number of likely N-dealkylation sites (tertiary alicyclic amines) is 1. The van der Waals surface area contributed by atoms with Crippen molar-refractivity contribution >= 4 is 21.6 Å². The summed E-state index contributed by atoms with van der Waals surface area (Å²) in [7, 11) is -0.792. The van der Waals surface area contributed by atoms with E-state index < -0.39 is 10.0 Å². The van der Waals surface area contributed by atoms with Crippen molar-refractivity contribution in [2.75, 3.05) is 27.3 Å². The van der Waals surface area contributed by atoms with Gasteiger partial charge in [-0.1, -0.05) is 17.7 Å². The van der Waals surface area contributed by atoms with Gasteiger partial charge in [0.05, 0.1) is 19.1 Å². The summed E-state index contributed by atoms with van der Waals surface area (Å²) in [5, 5.41) is 0.370. The lowest BCUT2D eigenvalue weighted by molar-refractivity contribution is 0.319. The van der Waals surface area contributed by atoms with Gasteiger partial charge in [-0.2, -0.15) is 0 Å². The first-order valence-corrected chi connectivity index (χ1v) is 10.6. The van der Waals surface area contributed by atoms with Crippen molar-refractivity contribution in [3.05, 3.63) is 52.8 Å². The van der Waals surface area contributed by atoms with Crippen molar-refractivity contribution in [1.82, 2.24) is 9.62 Å². The lowest BCUT2D eigenvalue weighted by Crippen LogP contribution is -2.37. The Hall–Kier alpha value is -1.87. The lowest BCUT2D eigenvalue weighted by Gasteiger charge is -2.18. The number of halogens is 2. The van der Waals surface area contributed by atoms with Crippen LogP contribution in [0.25, 0.3) is 0 Å². The van der Waals surface area contributed by atoms with Crippen LogP contribution in [-0.2, 0) is 16.6 Å². The Balaban J connectivity index is 1.68. The van der Waals surface area contributed by atoms with Crippen LogP contribution in [0.1, 0.15) is 12.0 Å². The monoisotopic (exact) mass is 428 g/mol. The van der Waals surface area contributed by atoms with Crippen LogP contribution in [0.2, 0.25) is 5.02 Å². The molecule has 28 heavy (non-hydrogen) atoms. The molecule has 1 N–H and O–H groups in total. The second kappa shape index (κ2) is 8.65. The average molecular weight is 429 g/mol. The summed E-state index contributed by atoms with van der Waals surface area (Å²) < 4.78 is 52.5. The van der Waals surface area contributed by atoms with Crippen LogP contribution >= 0.6 is 11.6 Å². The Morgan fingerprint density at radius 3 is 2.64 bits per heavy atom. The van der Waals surface area contributed by atoms with Gasteiger partial charge in [-0.25, -0.2) is 17.5 Å². The maximum absolute atomic E-state index is 14.0. The van der Waals surface area contributed by atoms with Crippen molar-refractivity contribution in [2.45, 2.75) is 23.9 Å². The molecule has 1 unspecified atom stereocenters. The fraction of sp³-hybridized carbons (Fsp3) is 0.368. The van der Waals surface area contributed by atoms with E-state index in [1.807, 2.05) is 4.90 Å². The number of hydrogen-bond acceptors (Lipinski definition) is 5. The first-order valence-electron chi connectivity index (χ1n) is 8.73. The van der Waals surface area contributed by atoms with Gasteiger partial charge >= 0.3 is 0 Å². The van der Waals surface area contributed by atoms with Gasteiger partial charge < -0.3 is 9.47 Å². The number of nitrogens with one attached hydrogen (secondary N) is 1. The summed E-state index contributed by atoms with van der Waals surface area (Å²) in [4.78, 5) is 2.08. The SMILES string of the molecule is COc1ccc(S(=O)(=O)NC2CCN(Cc3c(F)cccc3Cl)C2)cc1OC. The van der Waals surface area contributed by atoms with Crippen LogP contribution in [-0.4, -0.2) is 46.7 Å². The summed E-state index contributed by atoms with van der Waals surface area (Å²) in [6.45, 7) is 1.45. The maximum Gasteiger partial charge on any atom is 0.241 e. The highest BCUT2D eigenvalue weighted by atomic mass is 35.5. The largest absolute Gasteiger partial charge is 0.493 e. The highest BCUT2D eigenvalue weighted by molar-refractivity contribution is 7.89. The zero-order chi connectivity index (χ0) is 20.3. The van der Waals surface area contributed by atoms with Gasteiger partial charge in [0.25, 0.3) is 0 Å². The second-order valence-electron chi connectivity index (χ2n) is 6.56. The minimum atomic E-state index is -3.73.